The molecule has 0 amide bonds. The van der Waals surface area contributed by atoms with Gasteiger partial charge in [-0.1, -0.05) is 0 Å². The number of rotatable bonds is 12. The fraction of sp³-hybridized carbons (Fsp3) is 1.00. The van der Waals surface area contributed by atoms with E-state index in [1.54, 1.807) is 0 Å². The minimum atomic E-state index is -7.99. The van der Waals surface area contributed by atoms with Crippen LogP contribution >= 0.6 is 0 Å². The van der Waals surface area contributed by atoms with Gasteiger partial charge in [-0.25, -0.2) is 0 Å². The maximum atomic E-state index is 14.0. The van der Waals surface area contributed by atoms with E-state index >= 15 is 0 Å². The zero-order chi connectivity index (χ0) is 29.4. The van der Waals surface area contributed by atoms with Crippen molar-refractivity contribution < 1.29 is 102 Å². The minimum Gasteiger partial charge on any atom is -0.375 e. The molecule has 0 fully saturated rings. The van der Waals surface area contributed by atoms with E-state index in [4.69, 9.17) is 4.55 Å². The van der Waals surface area contributed by atoms with Crippen LogP contribution in [-0.2, 0) is 24.3 Å². The minimum absolute atomic E-state index is 1.04. The highest BCUT2D eigenvalue weighted by Crippen LogP contribution is 2.56. The van der Waals surface area contributed by atoms with Gasteiger partial charge in [0.1, 0.15) is 6.61 Å². The lowest BCUT2D eigenvalue weighted by Gasteiger charge is -2.40. The molecule has 0 aromatic heterocycles. The van der Waals surface area contributed by atoms with Crippen molar-refractivity contribution in [3.63, 3.8) is 0 Å². The zero-order valence-corrected chi connectivity index (χ0v) is 17.0. The number of halogens is 17. The van der Waals surface area contributed by atoms with Crippen LogP contribution in [0.1, 0.15) is 6.42 Å². The van der Waals surface area contributed by atoms with E-state index in [0.29, 0.717) is 0 Å². The molecular formula is C12H9F17O6S. The molecule has 2 atom stereocenters. The maximum absolute atomic E-state index is 14.0. The summed E-state index contributed by atoms with van der Waals surface area (Å²) in [6, 6.07) is 0. The van der Waals surface area contributed by atoms with Crippen LogP contribution in [0.25, 0.3) is 0 Å². The Morgan fingerprint density at radius 3 is 1.39 bits per heavy atom. The Hall–Kier alpha value is -1.40. The van der Waals surface area contributed by atoms with Gasteiger partial charge in [-0.3, -0.25) is 14.0 Å². The van der Waals surface area contributed by atoms with Crippen LogP contribution in [0.3, 0.4) is 0 Å². The van der Waals surface area contributed by atoms with Crippen molar-refractivity contribution in [2.45, 2.75) is 54.8 Å². The topological polar surface area (TPSA) is 82.1 Å². The Bertz CT molecular complexity index is 850. The summed E-state index contributed by atoms with van der Waals surface area (Å²) in [6.07, 6.45) is -39.2. The molecule has 0 saturated heterocycles. The monoisotopic (exact) mass is 604 g/mol. The molecule has 0 spiro atoms. The maximum Gasteiger partial charge on any atom is 0.462 e. The molecular weight excluding hydrogens is 595 g/mol. The second-order valence-corrected chi connectivity index (χ2v) is 7.89. The molecule has 0 heterocycles. The lowest BCUT2D eigenvalue weighted by molar-refractivity contribution is -0.553. The highest BCUT2D eigenvalue weighted by molar-refractivity contribution is 7.85. The molecule has 0 aromatic rings. The highest BCUT2D eigenvalue weighted by Gasteiger charge is 2.85. The SMILES string of the molecule is O=S(=O)(O)CCCOCC(F)(OC(F)(F)C(F)(OC(F)(F)C(F)(F)C(F)(F)F)C(F)(F)F)C(F)(F)F. The van der Waals surface area contributed by atoms with Crippen LogP contribution in [0.2, 0.25) is 0 Å². The van der Waals surface area contributed by atoms with E-state index in [2.05, 4.69) is 4.74 Å². The van der Waals surface area contributed by atoms with Gasteiger partial charge in [0.2, 0.25) is 0 Å². The molecule has 6 nitrogen and oxygen atoms in total. The lowest BCUT2D eigenvalue weighted by Crippen LogP contribution is -2.67. The summed E-state index contributed by atoms with van der Waals surface area (Å²) in [4.78, 5) is 0. The summed E-state index contributed by atoms with van der Waals surface area (Å²) in [7, 11) is -4.82. The summed E-state index contributed by atoms with van der Waals surface area (Å²) in [6.45, 7) is -4.47. The van der Waals surface area contributed by atoms with Gasteiger partial charge in [0.05, 0.1) is 5.75 Å². The first-order chi connectivity index (χ1) is 15.4. The Morgan fingerprint density at radius 1 is 0.611 bits per heavy atom. The van der Waals surface area contributed by atoms with Crippen LogP contribution in [-0.4, -0.2) is 80.3 Å². The van der Waals surface area contributed by atoms with E-state index in [-0.39, 0.29) is 0 Å². The van der Waals surface area contributed by atoms with E-state index in [1.807, 2.05) is 4.74 Å². The lowest BCUT2D eigenvalue weighted by atomic mass is 10.2. The van der Waals surface area contributed by atoms with Gasteiger partial charge >= 0.3 is 48.4 Å². The largest absolute Gasteiger partial charge is 0.462 e. The predicted octanol–water partition coefficient (Wildman–Crippen LogP) is 5.15. The van der Waals surface area contributed by atoms with Crippen molar-refractivity contribution in [1.82, 2.24) is 0 Å². The van der Waals surface area contributed by atoms with Crippen molar-refractivity contribution in [2.75, 3.05) is 19.0 Å². The second kappa shape index (κ2) is 10.1. The smallest absolute Gasteiger partial charge is 0.375 e. The summed E-state index contributed by atoms with van der Waals surface area (Å²) in [5, 5.41) is 0. The second-order valence-electron chi connectivity index (χ2n) is 6.32. The molecule has 0 aliphatic rings. The Balaban J connectivity index is 6.28. The molecule has 218 valence electrons. The average Bonchev–Trinajstić information content (AvgIpc) is 2.56. The van der Waals surface area contributed by atoms with E-state index in [0.717, 1.165) is 0 Å². The van der Waals surface area contributed by atoms with Crippen LogP contribution < -0.4 is 0 Å². The molecule has 0 radical (unpaired) electrons. The summed E-state index contributed by atoms with van der Waals surface area (Å²) in [5.41, 5.74) is 0. The number of hydrogen-bond acceptors (Lipinski definition) is 5. The molecule has 0 saturated carbocycles. The van der Waals surface area contributed by atoms with Gasteiger partial charge < -0.3 is 4.74 Å². The van der Waals surface area contributed by atoms with Crippen molar-refractivity contribution in [3.05, 3.63) is 0 Å². The Kier molecular flexibility index (Phi) is 9.66. The predicted molar refractivity (Wildman–Crippen MR) is 74.7 cm³/mol. The number of hydrogen-bond donors (Lipinski definition) is 1. The van der Waals surface area contributed by atoms with Gasteiger partial charge in [0, 0.05) is 6.61 Å². The third kappa shape index (κ3) is 7.56. The number of alkyl halides is 17. The zero-order valence-electron chi connectivity index (χ0n) is 16.2. The van der Waals surface area contributed by atoms with Crippen molar-refractivity contribution >= 4 is 10.1 Å². The Labute approximate surface area is 187 Å². The molecule has 0 rings (SSSR count). The first kappa shape index (κ1) is 34.6. The Morgan fingerprint density at radius 2 is 1.06 bits per heavy atom. The van der Waals surface area contributed by atoms with E-state index in [1.165, 1.54) is 4.74 Å². The van der Waals surface area contributed by atoms with Gasteiger partial charge in [-0.15, -0.1) is 0 Å². The normalized spacial score (nSPS) is 18.6. The average molecular weight is 604 g/mol. The van der Waals surface area contributed by atoms with E-state index < -0.39 is 83.9 Å². The first-order valence-electron chi connectivity index (χ1n) is 8.01. The van der Waals surface area contributed by atoms with Crippen molar-refractivity contribution in [3.8, 4) is 0 Å². The highest BCUT2D eigenvalue weighted by atomic mass is 32.2. The third-order valence-corrected chi connectivity index (χ3v) is 4.23. The van der Waals surface area contributed by atoms with Crippen LogP contribution in [0.5, 0.6) is 0 Å². The third-order valence-electron chi connectivity index (χ3n) is 3.42. The van der Waals surface area contributed by atoms with Gasteiger partial charge in [-0.05, 0) is 6.42 Å². The fourth-order valence-electron chi connectivity index (χ4n) is 1.67. The van der Waals surface area contributed by atoms with Crippen LogP contribution in [0.15, 0.2) is 0 Å². The first-order valence-corrected chi connectivity index (χ1v) is 9.62. The van der Waals surface area contributed by atoms with Crippen molar-refractivity contribution in [2.24, 2.45) is 0 Å². The van der Waals surface area contributed by atoms with Gasteiger partial charge in [0.15, 0.2) is 0 Å². The van der Waals surface area contributed by atoms with Crippen molar-refractivity contribution in [1.29, 1.82) is 0 Å². The van der Waals surface area contributed by atoms with Gasteiger partial charge in [0.25, 0.3) is 10.1 Å². The summed E-state index contributed by atoms with van der Waals surface area (Å²) >= 11 is 0. The molecule has 0 aliphatic carbocycles. The molecule has 24 heteroatoms. The fourth-order valence-corrected chi connectivity index (χ4v) is 2.16. The quantitative estimate of drug-likeness (QED) is 0.189. The van der Waals surface area contributed by atoms with E-state index in [9.17, 15) is 83.1 Å². The molecule has 0 aliphatic heterocycles. The molecule has 1 N–H and O–H groups in total. The number of ether oxygens (including phenoxy) is 3. The summed E-state index contributed by atoms with van der Waals surface area (Å²) < 4.78 is 255. The summed E-state index contributed by atoms with van der Waals surface area (Å²) in [5.74, 6) is -23.5. The van der Waals surface area contributed by atoms with Crippen LogP contribution in [0, 0.1) is 0 Å². The van der Waals surface area contributed by atoms with Crippen LogP contribution in [0.4, 0.5) is 74.6 Å². The molecule has 0 bridgehead atoms. The molecule has 2 unspecified atom stereocenters. The molecule has 0 aromatic carbocycles. The van der Waals surface area contributed by atoms with Gasteiger partial charge in [-0.2, -0.15) is 83.1 Å². The molecule has 36 heavy (non-hydrogen) atoms. The standard InChI is InChI=1S/C12H9F17O6S/c13-5(8(17,18)19,4-33-2-1-3-36(30,31)32)34-12(28,29)7(16,10(23,24)25)35-11(26,27)6(14,15)9(20,21)22/h1-4H2,(H,30,31,32).